The molecule has 1 saturated heterocycles. The lowest BCUT2D eigenvalue weighted by atomic mass is 9.88. The van der Waals surface area contributed by atoms with Crippen LogP contribution in [0.15, 0.2) is 18.2 Å². The minimum Gasteiger partial charge on any atom is -0.376 e. The molecule has 2 rings (SSSR count). The van der Waals surface area contributed by atoms with E-state index in [1.807, 2.05) is 13.8 Å². The van der Waals surface area contributed by atoms with Gasteiger partial charge in [0.05, 0.1) is 11.2 Å². The van der Waals surface area contributed by atoms with E-state index in [2.05, 4.69) is 5.32 Å². The molecular weight excluding hydrogens is 314 g/mol. The van der Waals surface area contributed by atoms with Gasteiger partial charge in [0.2, 0.25) is 5.91 Å². The van der Waals surface area contributed by atoms with Crippen molar-refractivity contribution in [3.05, 3.63) is 35.1 Å². The second-order valence-electron chi connectivity index (χ2n) is 6.33. The van der Waals surface area contributed by atoms with Crippen LogP contribution in [0.3, 0.4) is 0 Å². The van der Waals surface area contributed by atoms with Crippen LogP contribution in [0, 0.1) is 11.7 Å². The van der Waals surface area contributed by atoms with Crippen LogP contribution < -0.4 is 5.32 Å². The zero-order chi connectivity index (χ0) is 17.3. The highest BCUT2D eigenvalue weighted by atomic mass is 19.4. The van der Waals surface area contributed by atoms with Gasteiger partial charge in [0.25, 0.3) is 0 Å². The predicted molar refractivity (Wildman–Crippen MR) is 76.0 cm³/mol. The zero-order valence-corrected chi connectivity index (χ0v) is 13.0. The van der Waals surface area contributed by atoms with Crippen molar-refractivity contribution in [2.24, 2.45) is 5.92 Å². The monoisotopic (exact) mass is 333 g/mol. The number of amides is 1. The quantitative estimate of drug-likeness (QED) is 0.857. The molecule has 3 nitrogen and oxygen atoms in total. The molecule has 0 spiro atoms. The first-order valence-corrected chi connectivity index (χ1v) is 7.36. The number of carbonyl (C=O) groups excluding carboxylic acids is 1. The normalized spacial score (nSPS) is 21.0. The van der Waals surface area contributed by atoms with Gasteiger partial charge in [0, 0.05) is 19.1 Å². The average molecular weight is 333 g/mol. The summed E-state index contributed by atoms with van der Waals surface area (Å²) < 4.78 is 56.7. The number of hydrogen-bond acceptors (Lipinski definition) is 2. The summed E-state index contributed by atoms with van der Waals surface area (Å²) in [5.41, 5.74) is -1.51. The Hall–Kier alpha value is -1.63. The van der Waals surface area contributed by atoms with E-state index in [1.165, 1.54) is 6.07 Å². The molecule has 128 valence electrons. The third-order valence-corrected chi connectivity index (χ3v) is 3.87. The van der Waals surface area contributed by atoms with Crippen molar-refractivity contribution in [1.82, 2.24) is 5.32 Å². The van der Waals surface area contributed by atoms with Crippen LogP contribution in [0.25, 0.3) is 0 Å². The molecule has 0 aliphatic carbocycles. The molecule has 1 fully saturated rings. The van der Waals surface area contributed by atoms with Gasteiger partial charge >= 0.3 is 6.18 Å². The van der Waals surface area contributed by atoms with Crippen molar-refractivity contribution < 1.29 is 27.1 Å². The Balaban J connectivity index is 1.99. The molecule has 1 unspecified atom stereocenters. The molecule has 0 aromatic heterocycles. The van der Waals surface area contributed by atoms with Gasteiger partial charge in [-0.15, -0.1) is 0 Å². The van der Waals surface area contributed by atoms with Crippen molar-refractivity contribution in [3.63, 3.8) is 0 Å². The van der Waals surface area contributed by atoms with Crippen LogP contribution in [0.1, 0.15) is 37.8 Å². The van der Waals surface area contributed by atoms with Gasteiger partial charge in [-0.1, -0.05) is 6.07 Å². The number of hydrogen-bond donors (Lipinski definition) is 1. The first-order valence-electron chi connectivity index (χ1n) is 7.36. The van der Waals surface area contributed by atoms with Crippen LogP contribution in [0.4, 0.5) is 17.6 Å². The maximum absolute atomic E-state index is 13.2. The van der Waals surface area contributed by atoms with Gasteiger partial charge in [-0.2, -0.15) is 13.2 Å². The molecule has 1 aliphatic rings. The fourth-order valence-corrected chi connectivity index (χ4v) is 2.69. The Morgan fingerprint density at radius 1 is 1.39 bits per heavy atom. The van der Waals surface area contributed by atoms with Gasteiger partial charge in [-0.25, -0.2) is 4.39 Å². The van der Waals surface area contributed by atoms with Crippen molar-refractivity contribution in [2.75, 3.05) is 6.61 Å². The maximum Gasteiger partial charge on any atom is 0.419 e. The standard InChI is InChI=1S/C16H19F4NO2/c1-15(2)8-11(5-6-23-15)14(22)21-9-10-3-4-13(17)12(7-10)16(18,19)20/h3-4,7,11H,5-6,8-9H2,1-2H3,(H,21,22). The van der Waals surface area contributed by atoms with Gasteiger partial charge < -0.3 is 10.1 Å². The highest BCUT2D eigenvalue weighted by Crippen LogP contribution is 2.32. The number of halogens is 4. The summed E-state index contributed by atoms with van der Waals surface area (Å²) in [6.45, 7) is 4.18. The van der Waals surface area contributed by atoms with Crippen LogP contribution >= 0.6 is 0 Å². The maximum atomic E-state index is 13.2. The Kier molecular flexibility index (Phi) is 4.98. The minimum atomic E-state index is -4.76. The van der Waals surface area contributed by atoms with Crippen molar-refractivity contribution >= 4 is 5.91 Å². The Labute approximate surface area is 132 Å². The van der Waals surface area contributed by atoms with E-state index in [4.69, 9.17) is 4.74 Å². The summed E-state index contributed by atoms with van der Waals surface area (Å²) in [6.07, 6.45) is -3.63. The predicted octanol–water partition coefficient (Wildman–Crippen LogP) is 3.67. The van der Waals surface area contributed by atoms with E-state index in [0.29, 0.717) is 19.4 Å². The molecule has 1 aliphatic heterocycles. The number of nitrogens with one attached hydrogen (secondary N) is 1. The van der Waals surface area contributed by atoms with Crippen molar-refractivity contribution in [1.29, 1.82) is 0 Å². The summed E-state index contributed by atoms with van der Waals surface area (Å²) in [6, 6.07) is 2.73. The van der Waals surface area contributed by atoms with E-state index in [-0.39, 0.29) is 29.5 Å². The van der Waals surface area contributed by atoms with Crippen LogP contribution in [0.5, 0.6) is 0 Å². The lowest BCUT2D eigenvalue weighted by molar-refractivity contribution is -0.140. The summed E-state index contributed by atoms with van der Waals surface area (Å²) in [4.78, 5) is 12.1. The summed E-state index contributed by atoms with van der Waals surface area (Å²) in [5.74, 6) is -1.78. The number of carbonyl (C=O) groups is 1. The molecule has 0 radical (unpaired) electrons. The van der Waals surface area contributed by atoms with Crippen molar-refractivity contribution in [3.8, 4) is 0 Å². The number of ether oxygens (including phenoxy) is 1. The van der Waals surface area contributed by atoms with Crippen LogP contribution in [-0.2, 0) is 22.3 Å². The summed E-state index contributed by atoms with van der Waals surface area (Å²) >= 11 is 0. The number of alkyl halides is 3. The molecule has 1 N–H and O–H groups in total. The largest absolute Gasteiger partial charge is 0.419 e. The molecule has 7 heteroatoms. The molecule has 1 amide bonds. The number of benzene rings is 1. The second-order valence-corrected chi connectivity index (χ2v) is 6.33. The fourth-order valence-electron chi connectivity index (χ4n) is 2.69. The fraction of sp³-hybridized carbons (Fsp3) is 0.562. The number of rotatable bonds is 3. The topological polar surface area (TPSA) is 38.3 Å². The van der Waals surface area contributed by atoms with E-state index in [0.717, 1.165) is 12.1 Å². The zero-order valence-electron chi connectivity index (χ0n) is 13.0. The van der Waals surface area contributed by atoms with E-state index < -0.39 is 17.6 Å². The minimum absolute atomic E-state index is 0.0695. The van der Waals surface area contributed by atoms with E-state index in [1.54, 1.807) is 0 Å². The molecule has 1 heterocycles. The summed E-state index contributed by atoms with van der Waals surface area (Å²) in [7, 11) is 0. The summed E-state index contributed by atoms with van der Waals surface area (Å²) in [5, 5.41) is 2.62. The molecule has 1 aromatic carbocycles. The van der Waals surface area contributed by atoms with Gasteiger partial charge in [-0.3, -0.25) is 4.79 Å². The third kappa shape index (κ3) is 4.67. The Morgan fingerprint density at radius 2 is 2.09 bits per heavy atom. The molecule has 0 bridgehead atoms. The van der Waals surface area contributed by atoms with Crippen LogP contribution in [-0.4, -0.2) is 18.1 Å². The SMILES string of the molecule is CC1(C)CC(C(=O)NCc2ccc(F)c(C(F)(F)F)c2)CCO1. The highest BCUT2D eigenvalue weighted by Gasteiger charge is 2.35. The molecule has 1 aromatic rings. The third-order valence-electron chi connectivity index (χ3n) is 3.87. The van der Waals surface area contributed by atoms with Gasteiger partial charge in [0.15, 0.2) is 0 Å². The first kappa shape index (κ1) is 17.7. The molecule has 0 saturated carbocycles. The van der Waals surface area contributed by atoms with Gasteiger partial charge in [0.1, 0.15) is 5.82 Å². The molecular formula is C16H19F4NO2. The van der Waals surface area contributed by atoms with E-state index in [9.17, 15) is 22.4 Å². The van der Waals surface area contributed by atoms with Crippen LogP contribution in [0.2, 0.25) is 0 Å². The smallest absolute Gasteiger partial charge is 0.376 e. The average Bonchev–Trinajstić information content (AvgIpc) is 2.43. The highest BCUT2D eigenvalue weighted by molar-refractivity contribution is 5.78. The van der Waals surface area contributed by atoms with Gasteiger partial charge in [-0.05, 0) is 44.4 Å². The molecule has 1 atom stereocenters. The Morgan fingerprint density at radius 3 is 2.70 bits per heavy atom. The second kappa shape index (κ2) is 6.47. The van der Waals surface area contributed by atoms with E-state index >= 15 is 0 Å². The lowest BCUT2D eigenvalue weighted by Gasteiger charge is -2.34. The molecule has 23 heavy (non-hydrogen) atoms. The Bertz CT molecular complexity index is 584. The van der Waals surface area contributed by atoms with Crippen molar-refractivity contribution in [2.45, 2.75) is 45.0 Å². The first-order chi connectivity index (χ1) is 10.6. The lowest BCUT2D eigenvalue weighted by Crippen LogP contribution is -2.41.